The summed E-state index contributed by atoms with van der Waals surface area (Å²) in [4.78, 5) is 25.2. The maximum absolute atomic E-state index is 12.6. The predicted octanol–water partition coefficient (Wildman–Crippen LogP) is 1.29. The van der Waals surface area contributed by atoms with Crippen LogP contribution in [0.25, 0.3) is 0 Å². The van der Waals surface area contributed by atoms with E-state index >= 15 is 0 Å². The molecule has 0 aliphatic heterocycles. The minimum Gasteiger partial charge on any atom is -0.493 e. The molecule has 6 heteroatoms. The summed E-state index contributed by atoms with van der Waals surface area (Å²) < 4.78 is 10.4. The molecule has 1 aromatic carbocycles. The number of nitrogens with zero attached hydrogens (tertiary/aromatic N) is 1. The molecule has 0 heterocycles. The summed E-state index contributed by atoms with van der Waals surface area (Å²) in [5.74, 6) is 0.171. The van der Waals surface area contributed by atoms with Crippen molar-refractivity contribution >= 4 is 11.8 Å². The molecule has 0 fully saturated rings. The van der Waals surface area contributed by atoms with E-state index < -0.39 is 5.91 Å². The number of primary amides is 1. The summed E-state index contributed by atoms with van der Waals surface area (Å²) in [6, 6.07) is 5.04. The number of rotatable bonds is 7. The van der Waals surface area contributed by atoms with Crippen molar-refractivity contribution in [2.24, 2.45) is 11.7 Å². The van der Waals surface area contributed by atoms with Gasteiger partial charge in [-0.2, -0.15) is 0 Å². The van der Waals surface area contributed by atoms with E-state index in [-0.39, 0.29) is 18.4 Å². The molecule has 0 saturated carbocycles. The first-order chi connectivity index (χ1) is 9.90. The Morgan fingerprint density at radius 3 is 2.38 bits per heavy atom. The quantitative estimate of drug-likeness (QED) is 0.821. The molecule has 0 aromatic heterocycles. The molecule has 0 aliphatic rings. The van der Waals surface area contributed by atoms with Crippen LogP contribution in [0.2, 0.25) is 0 Å². The molecule has 116 valence electrons. The zero-order valence-electron chi connectivity index (χ0n) is 12.9. The van der Waals surface area contributed by atoms with Crippen molar-refractivity contribution in [3.05, 3.63) is 23.8 Å². The van der Waals surface area contributed by atoms with Gasteiger partial charge < -0.3 is 20.1 Å². The average molecular weight is 294 g/mol. The summed E-state index contributed by atoms with van der Waals surface area (Å²) in [7, 11) is 2.97. The molecule has 21 heavy (non-hydrogen) atoms. The van der Waals surface area contributed by atoms with Gasteiger partial charge in [0.25, 0.3) is 5.91 Å². The monoisotopic (exact) mass is 294 g/mol. The number of carbonyl (C=O) groups is 2. The summed E-state index contributed by atoms with van der Waals surface area (Å²) in [5.41, 5.74) is 5.57. The van der Waals surface area contributed by atoms with Crippen LogP contribution in [-0.2, 0) is 4.79 Å². The summed E-state index contributed by atoms with van der Waals surface area (Å²) in [6.45, 7) is 4.23. The second kappa shape index (κ2) is 7.52. The molecule has 0 saturated heterocycles. The van der Waals surface area contributed by atoms with Crippen LogP contribution >= 0.6 is 0 Å². The Hall–Kier alpha value is -2.24. The molecule has 6 nitrogen and oxygen atoms in total. The highest BCUT2D eigenvalue weighted by atomic mass is 16.5. The molecule has 1 aromatic rings. The molecule has 0 radical (unpaired) electrons. The summed E-state index contributed by atoms with van der Waals surface area (Å²) >= 11 is 0. The molecule has 0 atom stereocenters. The zero-order valence-corrected chi connectivity index (χ0v) is 12.9. The minimum absolute atomic E-state index is 0.128. The van der Waals surface area contributed by atoms with Gasteiger partial charge in [-0.3, -0.25) is 9.59 Å². The number of para-hydroxylation sites is 1. The summed E-state index contributed by atoms with van der Waals surface area (Å²) in [6.07, 6.45) is 0. The predicted molar refractivity (Wildman–Crippen MR) is 79.5 cm³/mol. The lowest BCUT2D eigenvalue weighted by atomic mass is 10.1. The number of amides is 2. The number of hydrogen-bond acceptors (Lipinski definition) is 4. The smallest absolute Gasteiger partial charge is 0.258 e. The Morgan fingerprint density at radius 2 is 1.90 bits per heavy atom. The van der Waals surface area contributed by atoms with Gasteiger partial charge >= 0.3 is 0 Å². The van der Waals surface area contributed by atoms with Gasteiger partial charge in [0.15, 0.2) is 11.5 Å². The molecule has 0 aliphatic carbocycles. The van der Waals surface area contributed by atoms with Gasteiger partial charge in [-0.05, 0) is 18.1 Å². The van der Waals surface area contributed by atoms with Crippen LogP contribution in [0.15, 0.2) is 18.2 Å². The van der Waals surface area contributed by atoms with Crippen molar-refractivity contribution in [2.45, 2.75) is 13.8 Å². The van der Waals surface area contributed by atoms with Gasteiger partial charge in [0.2, 0.25) is 5.91 Å². The van der Waals surface area contributed by atoms with Gasteiger partial charge in [0.1, 0.15) is 0 Å². The molecular formula is C15H22N2O4. The molecular weight excluding hydrogens is 272 g/mol. The van der Waals surface area contributed by atoms with E-state index in [9.17, 15) is 9.59 Å². The van der Waals surface area contributed by atoms with Crippen LogP contribution in [0.5, 0.6) is 11.5 Å². The maximum atomic E-state index is 12.6. The number of benzene rings is 1. The van der Waals surface area contributed by atoms with E-state index in [1.165, 1.54) is 19.1 Å². The first-order valence-corrected chi connectivity index (χ1v) is 6.69. The Bertz CT molecular complexity index is 514. The van der Waals surface area contributed by atoms with Crippen molar-refractivity contribution in [3.63, 3.8) is 0 Å². The Morgan fingerprint density at radius 1 is 1.24 bits per heavy atom. The number of hydrogen-bond donors (Lipinski definition) is 1. The minimum atomic E-state index is -0.550. The molecule has 2 amide bonds. The second-order valence-corrected chi connectivity index (χ2v) is 5.09. The van der Waals surface area contributed by atoms with Crippen molar-refractivity contribution in [2.75, 3.05) is 27.3 Å². The normalized spacial score (nSPS) is 10.3. The van der Waals surface area contributed by atoms with E-state index in [2.05, 4.69) is 0 Å². The standard InChI is InChI=1S/C15H22N2O4/c1-10(2)8-17(9-13(16)18)15(19)11-6-5-7-12(20-3)14(11)21-4/h5-7,10H,8-9H2,1-4H3,(H2,16,18). The third kappa shape index (κ3) is 4.37. The SMILES string of the molecule is COc1cccc(C(=O)N(CC(N)=O)CC(C)C)c1OC. The van der Waals surface area contributed by atoms with Crippen LogP contribution in [0.1, 0.15) is 24.2 Å². The molecule has 0 unspecified atom stereocenters. The van der Waals surface area contributed by atoms with Gasteiger partial charge in [0.05, 0.1) is 26.3 Å². The van der Waals surface area contributed by atoms with Gasteiger partial charge in [0, 0.05) is 6.54 Å². The van der Waals surface area contributed by atoms with Crippen LogP contribution in [0.4, 0.5) is 0 Å². The topological polar surface area (TPSA) is 81.9 Å². The van der Waals surface area contributed by atoms with Gasteiger partial charge in [-0.25, -0.2) is 0 Å². The fourth-order valence-electron chi connectivity index (χ4n) is 2.07. The lowest BCUT2D eigenvalue weighted by molar-refractivity contribution is -0.118. The van der Waals surface area contributed by atoms with E-state index in [0.29, 0.717) is 23.6 Å². The third-order valence-electron chi connectivity index (χ3n) is 2.85. The lowest BCUT2D eigenvalue weighted by Crippen LogP contribution is -2.40. The Labute approximate surface area is 124 Å². The first-order valence-electron chi connectivity index (χ1n) is 6.69. The van der Waals surface area contributed by atoms with Crippen LogP contribution in [0.3, 0.4) is 0 Å². The third-order valence-corrected chi connectivity index (χ3v) is 2.85. The number of carbonyl (C=O) groups excluding carboxylic acids is 2. The lowest BCUT2D eigenvalue weighted by Gasteiger charge is -2.24. The van der Waals surface area contributed by atoms with Crippen molar-refractivity contribution < 1.29 is 19.1 Å². The zero-order chi connectivity index (χ0) is 16.0. The molecule has 0 bridgehead atoms. The molecule has 0 spiro atoms. The second-order valence-electron chi connectivity index (χ2n) is 5.09. The highest BCUT2D eigenvalue weighted by molar-refractivity contribution is 5.99. The first kappa shape index (κ1) is 16.8. The van der Waals surface area contributed by atoms with Crippen molar-refractivity contribution in [3.8, 4) is 11.5 Å². The van der Waals surface area contributed by atoms with Gasteiger partial charge in [-0.1, -0.05) is 19.9 Å². The molecule has 1 rings (SSSR count). The van der Waals surface area contributed by atoms with Gasteiger partial charge in [-0.15, -0.1) is 0 Å². The fraction of sp³-hybridized carbons (Fsp3) is 0.467. The van der Waals surface area contributed by atoms with E-state index in [1.807, 2.05) is 13.8 Å². The average Bonchev–Trinajstić information content (AvgIpc) is 2.43. The Balaban J connectivity index is 3.16. The Kier molecular flexibility index (Phi) is 6.02. The molecule has 2 N–H and O–H groups in total. The highest BCUT2D eigenvalue weighted by Gasteiger charge is 2.23. The van der Waals surface area contributed by atoms with Crippen LogP contribution in [-0.4, -0.2) is 44.0 Å². The van der Waals surface area contributed by atoms with Crippen LogP contribution in [0, 0.1) is 5.92 Å². The number of nitrogens with two attached hydrogens (primary N) is 1. The van der Waals surface area contributed by atoms with E-state index in [1.54, 1.807) is 18.2 Å². The summed E-state index contributed by atoms with van der Waals surface area (Å²) in [5, 5.41) is 0. The largest absolute Gasteiger partial charge is 0.493 e. The number of ether oxygens (including phenoxy) is 2. The number of methoxy groups -OCH3 is 2. The highest BCUT2D eigenvalue weighted by Crippen LogP contribution is 2.31. The van der Waals surface area contributed by atoms with Crippen LogP contribution < -0.4 is 15.2 Å². The van der Waals surface area contributed by atoms with E-state index in [4.69, 9.17) is 15.2 Å². The van der Waals surface area contributed by atoms with Crippen molar-refractivity contribution in [1.82, 2.24) is 4.90 Å². The van der Waals surface area contributed by atoms with Crippen molar-refractivity contribution in [1.29, 1.82) is 0 Å². The van der Waals surface area contributed by atoms with E-state index in [0.717, 1.165) is 0 Å². The fourth-order valence-corrected chi connectivity index (χ4v) is 2.07. The maximum Gasteiger partial charge on any atom is 0.258 e.